The van der Waals surface area contributed by atoms with E-state index in [-0.39, 0.29) is 48.2 Å². The number of piperidine rings is 2. The first-order chi connectivity index (χ1) is 30.8. The van der Waals surface area contributed by atoms with Crippen molar-refractivity contribution in [1.29, 1.82) is 0 Å². The summed E-state index contributed by atoms with van der Waals surface area (Å²) in [5, 5.41) is 32.1. The van der Waals surface area contributed by atoms with Crippen LogP contribution in [0.5, 0.6) is 0 Å². The van der Waals surface area contributed by atoms with E-state index in [1.54, 1.807) is 12.1 Å². The van der Waals surface area contributed by atoms with E-state index >= 15 is 0 Å². The Morgan fingerprint density at radius 2 is 1.22 bits per heavy atom. The highest BCUT2D eigenvalue weighted by Crippen LogP contribution is 2.44. The summed E-state index contributed by atoms with van der Waals surface area (Å²) in [6, 6.07) is 17.7. The van der Waals surface area contributed by atoms with Gasteiger partial charge in [0.1, 0.15) is 23.2 Å². The van der Waals surface area contributed by atoms with Gasteiger partial charge in [-0.3, -0.25) is 9.59 Å². The molecule has 2 saturated heterocycles. The number of anilines is 1. The lowest BCUT2D eigenvalue weighted by Gasteiger charge is -2.39. The number of rotatable bonds is 7. The first kappa shape index (κ1) is 42.4. The SMILES string of the molecule is Cc1noc(C)c1-c1ccc2c(c1)nc([C@@H]1CCCC(=O)N1)n2C1CC(O)C1.Cc1noc(C)c1-c1ccc2c(c1)nc([C@@H]1CCCC(=O)N1c1ccc(Cl)c(Cl)c1)n2C1CC(O)C1. The van der Waals surface area contributed by atoms with Crippen LogP contribution in [0.4, 0.5) is 5.69 Å². The lowest BCUT2D eigenvalue weighted by molar-refractivity contribution is -0.123. The Kier molecular flexibility index (Phi) is 11.1. The van der Waals surface area contributed by atoms with Gasteiger partial charge in [0.25, 0.3) is 0 Å². The van der Waals surface area contributed by atoms with Gasteiger partial charge in [0.15, 0.2) is 0 Å². The molecule has 16 heteroatoms. The molecule has 2 saturated carbocycles. The Labute approximate surface area is 379 Å². The number of fused-ring (bicyclic) bond motifs is 2. The second-order valence-corrected chi connectivity index (χ2v) is 18.6. The topological polar surface area (TPSA) is 178 Å². The molecule has 2 aliphatic carbocycles. The molecular weight excluding hydrogens is 855 g/mol. The van der Waals surface area contributed by atoms with Crippen LogP contribution < -0.4 is 10.2 Å². The number of aromatic nitrogens is 6. The third-order valence-corrected chi connectivity index (χ3v) is 14.2. The van der Waals surface area contributed by atoms with Crippen molar-refractivity contribution in [3.63, 3.8) is 0 Å². The standard InChI is InChI=1S/C27H26Cl2N4O3.C21H24N4O3/c1-14-26(15(2)36-31-14)16-6-9-23-22(10-16)30-27(33(23)18-11-19(34)12-18)24-4-3-5-25(35)32(24)17-7-8-20(28)21(29)13-17;1-11-20(12(2)28-24-11)13-6-7-18-17(8-13)23-21(16-4-3-5-19(27)22-16)25(18)14-9-15(26)10-14/h6-10,13,18-19,24,34H,3-5,11-12H2,1-2H3;6-8,14-16,26H,3-5,9-10H2,1-2H3,(H,22,27)/t18?,19?,24-;14?,15?,16-/m00/s1. The highest BCUT2D eigenvalue weighted by molar-refractivity contribution is 6.42. The van der Waals surface area contributed by atoms with Gasteiger partial charge in [-0.2, -0.15) is 0 Å². The zero-order valence-corrected chi connectivity index (χ0v) is 37.7. The van der Waals surface area contributed by atoms with Crippen molar-refractivity contribution in [2.75, 3.05) is 4.90 Å². The zero-order chi connectivity index (χ0) is 44.6. The Hall–Kier alpha value is -5.54. The molecule has 0 unspecified atom stereocenters. The molecule has 0 radical (unpaired) electrons. The maximum absolute atomic E-state index is 13.2. The van der Waals surface area contributed by atoms with Crippen molar-refractivity contribution in [2.24, 2.45) is 0 Å². The summed E-state index contributed by atoms with van der Waals surface area (Å²) in [4.78, 5) is 37.1. The molecule has 64 heavy (non-hydrogen) atoms. The molecule has 2 aliphatic heterocycles. The van der Waals surface area contributed by atoms with Crippen LogP contribution in [-0.2, 0) is 9.59 Å². The molecule has 332 valence electrons. The largest absolute Gasteiger partial charge is 0.393 e. The van der Waals surface area contributed by atoms with Crippen LogP contribution in [0.1, 0.15) is 123 Å². The fourth-order valence-electron chi connectivity index (χ4n) is 10.2. The van der Waals surface area contributed by atoms with Gasteiger partial charge in [0.2, 0.25) is 11.8 Å². The van der Waals surface area contributed by atoms with Gasteiger partial charge in [0, 0.05) is 41.7 Å². The minimum atomic E-state index is -0.318. The number of benzene rings is 3. The van der Waals surface area contributed by atoms with Crippen LogP contribution in [-0.4, -0.2) is 63.7 Å². The van der Waals surface area contributed by atoms with E-state index in [2.05, 4.69) is 61.2 Å². The van der Waals surface area contributed by atoms with Gasteiger partial charge in [-0.05, 0) is 133 Å². The Bertz CT molecular complexity index is 2900. The van der Waals surface area contributed by atoms with Crippen molar-refractivity contribution >= 4 is 62.8 Å². The molecule has 14 nitrogen and oxygen atoms in total. The number of nitrogens with zero attached hydrogens (tertiary/aromatic N) is 7. The van der Waals surface area contributed by atoms with E-state index < -0.39 is 0 Å². The maximum atomic E-state index is 13.2. The number of carbonyl (C=O) groups is 2. The number of aryl methyl sites for hydroxylation is 4. The monoisotopic (exact) mass is 904 g/mol. The molecule has 7 aromatic rings. The van der Waals surface area contributed by atoms with Crippen molar-refractivity contribution in [1.82, 2.24) is 34.7 Å². The van der Waals surface area contributed by atoms with Crippen molar-refractivity contribution in [3.8, 4) is 22.3 Å². The Morgan fingerprint density at radius 1 is 0.672 bits per heavy atom. The van der Waals surface area contributed by atoms with Gasteiger partial charge in [-0.1, -0.05) is 45.6 Å². The third kappa shape index (κ3) is 7.57. The van der Waals surface area contributed by atoms with Crippen LogP contribution in [0.15, 0.2) is 63.6 Å². The zero-order valence-electron chi connectivity index (χ0n) is 36.1. The summed E-state index contributed by atoms with van der Waals surface area (Å²) >= 11 is 12.5. The number of halogens is 2. The summed E-state index contributed by atoms with van der Waals surface area (Å²) in [6.07, 6.45) is 6.58. The molecule has 11 rings (SSSR count). The maximum Gasteiger partial charge on any atom is 0.227 e. The molecule has 2 amide bonds. The van der Waals surface area contributed by atoms with E-state index in [1.807, 2.05) is 38.7 Å². The first-order valence-electron chi connectivity index (χ1n) is 22.2. The Balaban J connectivity index is 0.000000156. The molecule has 0 spiro atoms. The number of aliphatic hydroxyl groups is 2. The predicted octanol–water partition coefficient (Wildman–Crippen LogP) is 9.91. The number of imidazole rings is 2. The summed E-state index contributed by atoms with van der Waals surface area (Å²) in [7, 11) is 0. The molecule has 3 aromatic carbocycles. The minimum Gasteiger partial charge on any atom is -0.393 e. The number of amides is 2. The first-order valence-corrected chi connectivity index (χ1v) is 22.9. The lowest BCUT2D eigenvalue weighted by atomic mass is 9.88. The molecule has 4 aliphatic rings. The van der Waals surface area contributed by atoms with Gasteiger partial charge in [-0.15, -0.1) is 0 Å². The molecule has 4 aromatic heterocycles. The van der Waals surface area contributed by atoms with Crippen molar-refractivity contribution in [2.45, 2.75) is 128 Å². The average Bonchev–Trinajstić information content (AvgIpc) is 4.01. The second kappa shape index (κ2) is 16.8. The summed E-state index contributed by atoms with van der Waals surface area (Å²) in [5.74, 6) is 3.40. The summed E-state index contributed by atoms with van der Waals surface area (Å²) in [5.41, 5.74) is 10.2. The number of carbonyl (C=O) groups excluding carboxylic acids is 2. The molecule has 2 atom stereocenters. The van der Waals surface area contributed by atoms with Crippen LogP contribution in [0, 0.1) is 27.7 Å². The van der Waals surface area contributed by atoms with Gasteiger partial charge in [-0.25, -0.2) is 9.97 Å². The normalized spacial score (nSPS) is 23.5. The van der Waals surface area contributed by atoms with Gasteiger partial charge < -0.3 is 38.6 Å². The minimum absolute atomic E-state index is 0.0355. The predicted molar refractivity (Wildman–Crippen MR) is 243 cm³/mol. The molecule has 4 fully saturated rings. The lowest BCUT2D eigenvalue weighted by Crippen LogP contribution is -2.41. The average molecular weight is 906 g/mol. The fraction of sp³-hybridized carbons (Fsp3) is 0.417. The van der Waals surface area contributed by atoms with Crippen LogP contribution in [0.2, 0.25) is 10.0 Å². The number of nitrogens with one attached hydrogen (secondary N) is 1. The molecule has 0 bridgehead atoms. The van der Waals surface area contributed by atoms with Crippen molar-refractivity contribution < 1.29 is 28.8 Å². The fourth-order valence-corrected chi connectivity index (χ4v) is 10.5. The molecule has 3 N–H and O–H groups in total. The van der Waals surface area contributed by atoms with E-state index in [0.717, 1.165) is 117 Å². The van der Waals surface area contributed by atoms with E-state index in [9.17, 15) is 19.8 Å². The summed E-state index contributed by atoms with van der Waals surface area (Å²) in [6.45, 7) is 7.69. The molecule has 6 heterocycles. The summed E-state index contributed by atoms with van der Waals surface area (Å²) < 4.78 is 15.2. The third-order valence-electron chi connectivity index (χ3n) is 13.5. The quantitative estimate of drug-likeness (QED) is 0.140. The smallest absolute Gasteiger partial charge is 0.227 e. The van der Waals surface area contributed by atoms with Gasteiger partial charge >= 0.3 is 0 Å². The van der Waals surface area contributed by atoms with Crippen molar-refractivity contribution in [3.05, 3.63) is 99.2 Å². The highest BCUT2D eigenvalue weighted by atomic mass is 35.5. The van der Waals surface area contributed by atoms with E-state index in [1.165, 1.54) is 0 Å². The van der Waals surface area contributed by atoms with E-state index in [0.29, 0.717) is 41.4 Å². The van der Waals surface area contributed by atoms with E-state index in [4.69, 9.17) is 42.2 Å². The van der Waals surface area contributed by atoms with Crippen LogP contribution >= 0.6 is 23.2 Å². The number of hydrogen-bond donors (Lipinski definition) is 3. The van der Waals surface area contributed by atoms with Crippen LogP contribution in [0.3, 0.4) is 0 Å². The second-order valence-electron chi connectivity index (χ2n) is 17.8. The Morgan fingerprint density at radius 3 is 1.73 bits per heavy atom. The number of aliphatic hydroxyl groups excluding tert-OH is 2. The highest BCUT2D eigenvalue weighted by Gasteiger charge is 2.39. The van der Waals surface area contributed by atoms with Gasteiger partial charge in [0.05, 0.1) is 67.8 Å². The number of hydrogen-bond acceptors (Lipinski definition) is 10. The van der Waals surface area contributed by atoms with Crippen LogP contribution in [0.25, 0.3) is 44.3 Å². The molecular formula is C48H50Cl2N8O6.